The number of hydrogen-bond acceptors (Lipinski definition) is 5. The van der Waals surface area contributed by atoms with E-state index in [9.17, 15) is 0 Å². The molecule has 1 aliphatic heterocycles. The van der Waals surface area contributed by atoms with Crippen LogP contribution in [0.3, 0.4) is 0 Å². The van der Waals surface area contributed by atoms with Crippen LogP contribution in [0, 0.1) is 12.8 Å². The Morgan fingerprint density at radius 1 is 1.15 bits per heavy atom. The first-order valence-electron chi connectivity index (χ1n) is 9.31. The second kappa shape index (κ2) is 7.82. The number of rotatable bonds is 4. The van der Waals surface area contributed by atoms with Crippen LogP contribution in [0.5, 0.6) is 0 Å². The highest BCUT2D eigenvalue weighted by molar-refractivity contribution is 7.09. The Hall–Kier alpha value is -1.82. The molecule has 26 heavy (non-hydrogen) atoms. The molecule has 1 atom stereocenters. The van der Waals surface area contributed by atoms with E-state index in [1.807, 2.05) is 6.20 Å². The lowest BCUT2D eigenvalue weighted by atomic mass is 9.96. The molecule has 0 radical (unpaired) electrons. The number of pyridine rings is 1. The number of benzene rings is 1. The Morgan fingerprint density at radius 3 is 2.88 bits per heavy atom. The van der Waals surface area contributed by atoms with Gasteiger partial charge < -0.3 is 4.90 Å². The van der Waals surface area contributed by atoms with Crippen LogP contribution < -0.4 is 0 Å². The molecular weight excluding hydrogens is 340 g/mol. The third-order valence-electron chi connectivity index (χ3n) is 5.20. The van der Waals surface area contributed by atoms with Crippen molar-refractivity contribution >= 4 is 22.1 Å². The number of aromatic nitrogens is 2. The fourth-order valence-corrected chi connectivity index (χ4v) is 4.60. The van der Waals surface area contributed by atoms with Crippen LogP contribution >= 0.6 is 11.3 Å². The van der Waals surface area contributed by atoms with Gasteiger partial charge in [-0.25, -0.2) is 4.98 Å². The zero-order valence-electron chi connectivity index (χ0n) is 15.6. The van der Waals surface area contributed by atoms with Crippen LogP contribution in [0.1, 0.15) is 16.3 Å². The van der Waals surface area contributed by atoms with Gasteiger partial charge in [0.05, 0.1) is 10.7 Å². The van der Waals surface area contributed by atoms with Gasteiger partial charge in [0.15, 0.2) is 0 Å². The maximum Gasteiger partial charge on any atom is 0.0897 e. The molecule has 5 heteroatoms. The Morgan fingerprint density at radius 2 is 2.04 bits per heavy atom. The first kappa shape index (κ1) is 17.6. The lowest BCUT2D eigenvalue weighted by molar-refractivity contribution is 0.246. The highest BCUT2D eigenvalue weighted by atomic mass is 32.1. The highest BCUT2D eigenvalue weighted by Gasteiger charge is 2.22. The van der Waals surface area contributed by atoms with E-state index >= 15 is 0 Å². The molecular formula is C21H26N4S. The van der Waals surface area contributed by atoms with Crippen molar-refractivity contribution in [3.63, 3.8) is 0 Å². The summed E-state index contributed by atoms with van der Waals surface area (Å²) in [5.74, 6) is 0.606. The van der Waals surface area contributed by atoms with E-state index in [1.54, 1.807) is 11.3 Å². The van der Waals surface area contributed by atoms with Gasteiger partial charge in [0.1, 0.15) is 0 Å². The summed E-state index contributed by atoms with van der Waals surface area (Å²) in [5, 5.41) is 5.94. The largest absolute Gasteiger partial charge is 0.305 e. The van der Waals surface area contributed by atoms with Crippen molar-refractivity contribution in [1.29, 1.82) is 0 Å². The number of thiazole rings is 1. The normalized spacial score (nSPS) is 19.7. The van der Waals surface area contributed by atoms with E-state index in [2.05, 4.69) is 69.6 Å². The van der Waals surface area contributed by atoms with E-state index in [0.29, 0.717) is 5.92 Å². The summed E-state index contributed by atoms with van der Waals surface area (Å²) in [4.78, 5) is 14.2. The standard InChI is InChI=1S/C21H26N4S/c1-16-23-20(15-26-16)14-25-8-7-24(2)12-17(13-25)9-19-11-22-10-18-5-3-4-6-21(18)19/h3-6,10-11,15,17H,7-9,12-14H2,1-2H3. The van der Waals surface area contributed by atoms with Gasteiger partial charge in [0.25, 0.3) is 0 Å². The van der Waals surface area contributed by atoms with Gasteiger partial charge in [-0.05, 0) is 37.3 Å². The predicted molar refractivity (Wildman–Crippen MR) is 109 cm³/mol. The lowest BCUT2D eigenvalue weighted by Crippen LogP contribution is -2.30. The lowest BCUT2D eigenvalue weighted by Gasteiger charge is -2.23. The maximum atomic E-state index is 4.66. The molecule has 0 saturated carbocycles. The molecule has 0 N–H and O–H groups in total. The average Bonchev–Trinajstić information content (AvgIpc) is 2.96. The third-order valence-corrected chi connectivity index (χ3v) is 6.02. The van der Waals surface area contributed by atoms with Crippen molar-refractivity contribution < 1.29 is 0 Å². The van der Waals surface area contributed by atoms with Crippen LogP contribution in [0.4, 0.5) is 0 Å². The SMILES string of the molecule is Cc1nc(CN2CCN(C)CC(Cc3cncc4ccccc34)C2)cs1. The van der Waals surface area contributed by atoms with Crippen molar-refractivity contribution in [3.8, 4) is 0 Å². The number of fused-ring (bicyclic) bond motifs is 1. The first-order valence-corrected chi connectivity index (χ1v) is 10.2. The topological polar surface area (TPSA) is 32.3 Å². The summed E-state index contributed by atoms with van der Waals surface area (Å²) >= 11 is 1.75. The van der Waals surface area contributed by atoms with Crippen LogP contribution in [0.25, 0.3) is 10.8 Å². The molecule has 2 aromatic heterocycles. The van der Waals surface area contributed by atoms with Crippen molar-refractivity contribution in [2.24, 2.45) is 5.92 Å². The van der Waals surface area contributed by atoms with Crippen LogP contribution in [-0.4, -0.2) is 53.0 Å². The molecule has 1 aliphatic rings. The smallest absolute Gasteiger partial charge is 0.0897 e. The average molecular weight is 367 g/mol. The molecule has 1 aromatic carbocycles. The van der Waals surface area contributed by atoms with Gasteiger partial charge >= 0.3 is 0 Å². The Kier molecular flexibility index (Phi) is 5.29. The maximum absolute atomic E-state index is 4.66. The quantitative estimate of drug-likeness (QED) is 0.706. The van der Waals surface area contributed by atoms with Gasteiger partial charge in [-0.1, -0.05) is 24.3 Å². The Labute approximate surface area is 159 Å². The minimum atomic E-state index is 0.606. The summed E-state index contributed by atoms with van der Waals surface area (Å²) in [5.41, 5.74) is 2.58. The second-order valence-electron chi connectivity index (χ2n) is 7.45. The minimum Gasteiger partial charge on any atom is -0.305 e. The fourth-order valence-electron chi connectivity index (χ4n) is 3.99. The van der Waals surface area contributed by atoms with E-state index in [0.717, 1.165) is 44.2 Å². The van der Waals surface area contributed by atoms with E-state index in [4.69, 9.17) is 0 Å². The zero-order chi connectivity index (χ0) is 17.9. The molecule has 0 aliphatic carbocycles. The van der Waals surface area contributed by atoms with Gasteiger partial charge in [-0.15, -0.1) is 11.3 Å². The molecule has 0 amide bonds. The number of hydrogen-bond donors (Lipinski definition) is 0. The molecule has 0 bridgehead atoms. The second-order valence-corrected chi connectivity index (χ2v) is 8.51. The molecule has 1 unspecified atom stereocenters. The third kappa shape index (κ3) is 4.11. The highest BCUT2D eigenvalue weighted by Crippen LogP contribution is 2.22. The molecule has 3 aromatic rings. The molecule has 1 fully saturated rings. The number of aryl methyl sites for hydroxylation is 1. The van der Waals surface area contributed by atoms with E-state index in [-0.39, 0.29) is 0 Å². The molecule has 0 spiro atoms. The fraction of sp³-hybridized carbons (Fsp3) is 0.429. The summed E-state index contributed by atoms with van der Waals surface area (Å²) in [6.07, 6.45) is 5.10. The monoisotopic (exact) mass is 366 g/mol. The van der Waals surface area contributed by atoms with Gasteiger partial charge in [0, 0.05) is 55.9 Å². The van der Waals surface area contributed by atoms with E-state index < -0.39 is 0 Å². The molecule has 4 rings (SSSR count). The summed E-state index contributed by atoms with van der Waals surface area (Å²) < 4.78 is 0. The molecule has 3 heterocycles. The molecule has 136 valence electrons. The molecule has 1 saturated heterocycles. The van der Waals surface area contributed by atoms with Crippen LogP contribution in [0.2, 0.25) is 0 Å². The van der Waals surface area contributed by atoms with E-state index in [1.165, 1.54) is 22.0 Å². The number of nitrogens with zero attached hydrogens (tertiary/aromatic N) is 4. The van der Waals surface area contributed by atoms with Gasteiger partial charge in [-0.3, -0.25) is 9.88 Å². The summed E-state index contributed by atoms with van der Waals surface area (Å²) in [6.45, 7) is 7.52. The first-order chi connectivity index (χ1) is 12.7. The summed E-state index contributed by atoms with van der Waals surface area (Å²) in [7, 11) is 2.24. The minimum absolute atomic E-state index is 0.606. The van der Waals surface area contributed by atoms with Crippen LogP contribution in [0.15, 0.2) is 42.0 Å². The van der Waals surface area contributed by atoms with Gasteiger partial charge in [-0.2, -0.15) is 0 Å². The van der Waals surface area contributed by atoms with Gasteiger partial charge in [0.2, 0.25) is 0 Å². The van der Waals surface area contributed by atoms with Crippen LogP contribution in [-0.2, 0) is 13.0 Å². The predicted octanol–water partition coefficient (Wildman–Crippen LogP) is 3.61. The Bertz CT molecular complexity index is 870. The van der Waals surface area contributed by atoms with Crippen molar-refractivity contribution in [2.75, 3.05) is 33.2 Å². The van der Waals surface area contributed by atoms with Crippen molar-refractivity contribution in [2.45, 2.75) is 19.9 Å². The molecule has 4 nitrogen and oxygen atoms in total. The summed E-state index contributed by atoms with van der Waals surface area (Å²) in [6, 6.07) is 8.59. The Balaban J connectivity index is 1.52. The van der Waals surface area contributed by atoms with Crippen molar-refractivity contribution in [1.82, 2.24) is 19.8 Å². The zero-order valence-corrected chi connectivity index (χ0v) is 16.4. The number of likely N-dealkylation sites (N-methyl/N-ethyl adjacent to an activating group) is 1. The van der Waals surface area contributed by atoms with Crippen molar-refractivity contribution in [3.05, 3.63) is 58.3 Å².